The van der Waals surface area contributed by atoms with Crippen LogP contribution >= 0.6 is 0 Å². The van der Waals surface area contributed by atoms with E-state index in [1.165, 1.54) is 0 Å². The second-order valence-corrected chi connectivity index (χ2v) is 4.86. The van der Waals surface area contributed by atoms with E-state index in [0.29, 0.717) is 24.2 Å². The van der Waals surface area contributed by atoms with Gasteiger partial charge in [-0.1, -0.05) is 26.0 Å². The third-order valence-corrected chi connectivity index (χ3v) is 3.88. The summed E-state index contributed by atoms with van der Waals surface area (Å²) in [6, 6.07) is 10.6. The second-order valence-electron chi connectivity index (χ2n) is 4.86. The number of pyridine rings is 2. The monoisotopic (exact) mass is 272 g/mol. The van der Waals surface area contributed by atoms with Crippen molar-refractivity contribution >= 4 is 0 Å². The summed E-state index contributed by atoms with van der Waals surface area (Å²) in [5.41, 5.74) is -2.04. The van der Waals surface area contributed by atoms with Crippen LogP contribution in [0.3, 0.4) is 0 Å². The summed E-state index contributed by atoms with van der Waals surface area (Å²) in [5, 5.41) is 22.2. The summed E-state index contributed by atoms with van der Waals surface area (Å²) < 4.78 is 0. The van der Waals surface area contributed by atoms with Crippen LogP contribution in [0.15, 0.2) is 48.8 Å². The summed E-state index contributed by atoms with van der Waals surface area (Å²) in [5.74, 6) is 0. The fraction of sp³-hybridized carbons (Fsp3) is 0.375. The van der Waals surface area contributed by atoms with E-state index in [0.717, 1.165) is 0 Å². The summed E-state index contributed by atoms with van der Waals surface area (Å²) in [6.07, 6.45) is 3.91. The molecule has 0 aliphatic heterocycles. The Morgan fingerprint density at radius 3 is 1.45 bits per heavy atom. The Hall–Kier alpha value is -1.78. The average molecular weight is 272 g/mol. The van der Waals surface area contributed by atoms with E-state index in [-0.39, 0.29) is 0 Å². The van der Waals surface area contributed by atoms with E-state index >= 15 is 0 Å². The molecule has 0 bridgehead atoms. The van der Waals surface area contributed by atoms with Crippen LogP contribution in [0.1, 0.15) is 38.1 Å². The molecule has 2 aromatic rings. The quantitative estimate of drug-likeness (QED) is 0.877. The largest absolute Gasteiger partial charge is 0.380 e. The molecule has 0 fully saturated rings. The van der Waals surface area contributed by atoms with Crippen LogP contribution in [0.4, 0.5) is 0 Å². The van der Waals surface area contributed by atoms with Crippen molar-refractivity contribution in [3.8, 4) is 0 Å². The van der Waals surface area contributed by atoms with Gasteiger partial charge < -0.3 is 10.2 Å². The summed E-state index contributed by atoms with van der Waals surface area (Å²) in [4.78, 5) is 8.45. The Kier molecular flexibility index (Phi) is 4.16. The summed E-state index contributed by atoms with van der Waals surface area (Å²) >= 11 is 0. The van der Waals surface area contributed by atoms with Gasteiger partial charge in [0.1, 0.15) is 11.2 Å². The van der Waals surface area contributed by atoms with Crippen LogP contribution in [0, 0.1) is 0 Å². The molecule has 2 aromatic heterocycles. The van der Waals surface area contributed by atoms with Gasteiger partial charge in [0.25, 0.3) is 0 Å². The first kappa shape index (κ1) is 14.6. The molecule has 0 radical (unpaired) electrons. The van der Waals surface area contributed by atoms with Gasteiger partial charge in [0, 0.05) is 12.4 Å². The number of aliphatic hydroxyl groups is 2. The van der Waals surface area contributed by atoms with Crippen LogP contribution in [0.25, 0.3) is 0 Å². The molecule has 2 atom stereocenters. The smallest absolute Gasteiger partial charge is 0.140 e. The minimum Gasteiger partial charge on any atom is -0.380 e. The van der Waals surface area contributed by atoms with Crippen molar-refractivity contribution in [2.24, 2.45) is 0 Å². The lowest BCUT2D eigenvalue weighted by Gasteiger charge is -2.41. The maximum absolute atomic E-state index is 11.1. The van der Waals surface area contributed by atoms with E-state index in [1.54, 1.807) is 48.8 Å². The molecule has 20 heavy (non-hydrogen) atoms. The molecule has 0 saturated carbocycles. The van der Waals surface area contributed by atoms with E-state index in [4.69, 9.17) is 0 Å². The zero-order valence-corrected chi connectivity index (χ0v) is 11.8. The van der Waals surface area contributed by atoms with Crippen molar-refractivity contribution in [2.45, 2.75) is 37.9 Å². The number of rotatable bonds is 5. The van der Waals surface area contributed by atoms with Gasteiger partial charge in [-0.05, 0) is 37.1 Å². The van der Waals surface area contributed by atoms with E-state index in [9.17, 15) is 10.2 Å². The molecule has 0 aromatic carbocycles. The standard InChI is InChI=1S/C16H20N2O2/c1-3-15(19,13-9-5-7-11-17-13)16(20,4-2)14-10-6-8-12-18-14/h5-12,19-20H,3-4H2,1-2H3. The van der Waals surface area contributed by atoms with E-state index in [1.807, 2.05) is 13.8 Å². The van der Waals surface area contributed by atoms with Gasteiger partial charge in [-0.15, -0.1) is 0 Å². The number of hydrogen-bond acceptors (Lipinski definition) is 4. The first-order valence-electron chi connectivity index (χ1n) is 6.86. The highest BCUT2D eigenvalue weighted by atomic mass is 16.4. The van der Waals surface area contributed by atoms with Crippen molar-refractivity contribution in [1.82, 2.24) is 9.97 Å². The normalized spacial score (nSPS) is 17.2. The summed E-state index contributed by atoms with van der Waals surface area (Å²) in [7, 11) is 0. The Morgan fingerprint density at radius 2 is 1.20 bits per heavy atom. The van der Waals surface area contributed by atoms with E-state index < -0.39 is 11.2 Å². The van der Waals surface area contributed by atoms with Gasteiger partial charge in [0.15, 0.2) is 0 Å². The molecule has 2 heterocycles. The molecule has 4 nitrogen and oxygen atoms in total. The zero-order chi connectivity index (χ0) is 14.6. The van der Waals surface area contributed by atoms with Crippen molar-refractivity contribution in [3.05, 3.63) is 60.2 Å². The summed E-state index contributed by atoms with van der Waals surface area (Å²) in [6.45, 7) is 3.66. The molecule has 0 aliphatic carbocycles. The van der Waals surface area contributed by atoms with Crippen molar-refractivity contribution in [1.29, 1.82) is 0 Å². The van der Waals surface area contributed by atoms with Crippen molar-refractivity contribution in [2.75, 3.05) is 0 Å². The van der Waals surface area contributed by atoms with Gasteiger partial charge in [-0.25, -0.2) is 0 Å². The van der Waals surface area contributed by atoms with Crippen molar-refractivity contribution in [3.63, 3.8) is 0 Å². The van der Waals surface area contributed by atoms with Crippen LogP contribution in [-0.2, 0) is 11.2 Å². The van der Waals surface area contributed by atoms with Gasteiger partial charge in [0.05, 0.1) is 11.4 Å². The number of nitrogens with zero attached hydrogens (tertiary/aromatic N) is 2. The molecule has 4 heteroatoms. The predicted molar refractivity (Wildman–Crippen MR) is 76.8 cm³/mol. The van der Waals surface area contributed by atoms with E-state index in [2.05, 4.69) is 9.97 Å². The Morgan fingerprint density at radius 1 is 0.800 bits per heavy atom. The van der Waals surface area contributed by atoms with Gasteiger partial charge in [0.2, 0.25) is 0 Å². The van der Waals surface area contributed by atoms with Gasteiger partial charge >= 0.3 is 0 Å². The SMILES string of the molecule is CCC(O)(c1ccccn1)C(O)(CC)c1ccccn1. The molecule has 0 aliphatic rings. The lowest BCUT2D eigenvalue weighted by Crippen LogP contribution is -2.49. The first-order valence-corrected chi connectivity index (χ1v) is 6.86. The number of hydrogen-bond donors (Lipinski definition) is 2. The topological polar surface area (TPSA) is 66.2 Å². The lowest BCUT2D eigenvalue weighted by molar-refractivity contribution is -0.174. The molecule has 0 saturated heterocycles. The third-order valence-electron chi connectivity index (χ3n) is 3.88. The highest BCUT2D eigenvalue weighted by Crippen LogP contribution is 2.43. The third kappa shape index (κ3) is 2.21. The second kappa shape index (κ2) is 5.69. The minimum atomic E-state index is -1.47. The van der Waals surface area contributed by atoms with Gasteiger partial charge in [-0.3, -0.25) is 9.97 Å². The maximum atomic E-state index is 11.1. The highest BCUT2D eigenvalue weighted by molar-refractivity contribution is 5.26. The Balaban J connectivity index is 2.58. The molecular formula is C16H20N2O2. The van der Waals surface area contributed by atoms with Crippen LogP contribution in [0.5, 0.6) is 0 Å². The van der Waals surface area contributed by atoms with Crippen LogP contribution in [0.2, 0.25) is 0 Å². The Bertz CT molecular complexity index is 495. The fourth-order valence-corrected chi connectivity index (χ4v) is 2.59. The predicted octanol–water partition coefficient (Wildman–Crippen LogP) is 2.37. The maximum Gasteiger partial charge on any atom is 0.140 e. The fourth-order valence-electron chi connectivity index (χ4n) is 2.59. The van der Waals surface area contributed by atoms with Crippen LogP contribution < -0.4 is 0 Å². The molecule has 2 unspecified atom stereocenters. The molecular weight excluding hydrogens is 252 g/mol. The molecule has 0 amide bonds. The first-order chi connectivity index (χ1) is 9.58. The number of aromatic nitrogens is 2. The zero-order valence-electron chi connectivity index (χ0n) is 11.8. The molecule has 0 spiro atoms. The highest BCUT2D eigenvalue weighted by Gasteiger charge is 2.51. The molecule has 2 rings (SSSR count). The average Bonchev–Trinajstić information content (AvgIpc) is 2.54. The lowest BCUT2D eigenvalue weighted by atomic mass is 9.74. The Labute approximate surface area is 119 Å². The van der Waals surface area contributed by atoms with Crippen LogP contribution in [-0.4, -0.2) is 20.2 Å². The van der Waals surface area contributed by atoms with Gasteiger partial charge in [-0.2, -0.15) is 0 Å². The minimum absolute atomic E-state index is 0.338. The molecule has 106 valence electrons. The van der Waals surface area contributed by atoms with Crippen molar-refractivity contribution < 1.29 is 10.2 Å². The molecule has 2 N–H and O–H groups in total.